The van der Waals surface area contributed by atoms with E-state index in [1.165, 1.54) is 21.9 Å². The lowest BCUT2D eigenvalue weighted by Crippen LogP contribution is -2.12. The van der Waals surface area contributed by atoms with Crippen LogP contribution in [0, 0.1) is 0 Å². The van der Waals surface area contributed by atoms with Crippen LogP contribution in [0.15, 0.2) is 130 Å². The zero-order valence-electron chi connectivity index (χ0n) is 19.0. The smallest absolute Gasteiger partial charge is 0.339 e. The predicted octanol–water partition coefficient (Wildman–Crippen LogP) is 7.59. The summed E-state index contributed by atoms with van der Waals surface area (Å²) in [5.41, 5.74) is 1.15. The van der Waals surface area contributed by atoms with Gasteiger partial charge in [-0.15, -0.1) is 0 Å². The van der Waals surface area contributed by atoms with E-state index in [-0.39, 0.29) is 10.3 Å². The van der Waals surface area contributed by atoms with Crippen molar-refractivity contribution in [1.82, 2.24) is 0 Å². The summed E-state index contributed by atoms with van der Waals surface area (Å²) in [6.45, 7) is 6.30. The molecule has 0 heterocycles. The summed E-state index contributed by atoms with van der Waals surface area (Å²) in [7, 11) is -3.76. The first-order chi connectivity index (χ1) is 15.7. The van der Waals surface area contributed by atoms with E-state index in [1.54, 1.807) is 42.1 Å². The van der Waals surface area contributed by atoms with E-state index in [4.69, 9.17) is 4.18 Å². The van der Waals surface area contributed by atoms with Crippen LogP contribution in [0.5, 0.6) is 5.75 Å². The summed E-state index contributed by atoms with van der Waals surface area (Å²) in [6.07, 6.45) is 0. The van der Waals surface area contributed by atoms with E-state index >= 15 is 0 Å². The van der Waals surface area contributed by atoms with Gasteiger partial charge in [-0.3, -0.25) is 0 Å². The highest BCUT2D eigenvalue weighted by Crippen LogP contribution is 2.27. The maximum Gasteiger partial charge on any atom is 0.339 e. The van der Waals surface area contributed by atoms with Crippen molar-refractivity contribution in [2.75, 3.05) is 0 Å². The van der Waals surface area contributed by atoms with Crippen LogP contribution >= 0.6 is 11.8 Å². The van der Waals surface area contributed by atoms with Crippen LogP contribution in [0.4, 0.5) is 0 Å². The Morgan fingerprint density at radius 2 is 1.03 bits per heavy atom. The van der Waals surface area contributed by atoms with Crippen molar-refractivity contribution >= 4 is 21.9 Å². The third-order valence-corrected chi connectivity index (χ3v) is 6.96. The Kier molecular flexibility index (Phi) is 8.37. The van der Waals surface area contributed by atoms with Crippen LogP contribution in [-0.2, 0) is 15.5 Å². The Hall–Kier alpha value is -3.02. The Bertz CT molecular complexity index is 1180. The Balaban J connectivity index is 0.000000203. The molecule has 0 radical (unpaired) electrons. The first kappa shape index (κ1) is 24.6. The van der Waals surface area contributed by atoms with Gasteiger partial charge >= 0.3 is 10.1 Å². The van der Waals surface area contributed by atoms with E-state index in [0.29, 0.717) is 5.75 Å². The average molecular weight is 477 g/mol. The first-order valence-electron chi connectivity index (χ1n) is 10.6. The second kappa shape index (κ2) is 11.2. The average Bonchev–Trinajstić information content (AvgIpc) is 2.81. The van der Waals surface area contributed by atoms with E-state index in [1.807, 2.05) is 24.3 Å². The van der Waals surface area contributed by atoms with Gasteiger partial charge in [-0.2, -0.15) is 8.42 Å². The third-order valence-electron chi connectivity index (χ3n) is 4.68. The highest BCUT2D eigenvalue weighted by atomic mass is 32.2. The largest absolute Gasteiger partial charge is 0.379 e. The van der Waals surface area contributed by atoms with E-state index in [0.717, 1.165) is 5.56 Å². The summed E-state index contributed by atoms with van der Waals surface area (Å²) in [6, 6.07) is 36.1. The van der Waals surface area contributed by atoms with Gasteiger partial charge in [-0.25, -0.2) is 0 Å². The molecule has 4 aromatic rings. The molecule has 0 aliphatic rings. The molecule has 3 nitrogen and oxygen atoms in total. The van der Waals surface area contributed by atoms with Crippen LogP contribution < -0.4 is 4.18 Å². The second-order valence-electron chi connectivity index (χ2n) is 8.35. The molecule has 0 atom stereocenters. The van der Waals surface area contributed by atoms with Gasteiger partial charge in [0.25, 0.3) is 0 Å². The lowest BCUT2D eigenvalue weighted by molar-refractivity contribution is 0.485. The SMILES string of the molecule is CC(C)(C)c1ccc(OS(=O)(=O)c2ccccc2)cc1.c1ccc(Sc2ccccc2)cc1. The first-order valence-corrected chi connectivity index (χ1v) is 12.8. The number of benzene rings is 4. The van der Waals surface area contributed by atoms with Crippen LogP contribution in [-0.4, -0.2) is 8.42 Å². The Labute approximate surface area is 201 Å². The van der Waals surface area contributed by atoms with Gasteiger partial charge in [0.2, 0.25) is 0 Å². The fourth-order valence-electron chi connectivity index (χ4n) is 2.89. The summed E-state index contributed by atoms with van der Waals surface area (Å²) in [5, 5.41) is 0. The summed E-state index contributed by atoms with van der Waals surface area (Å²) >= 11 is 1.79. The molecule has 0 amide bonds. The molecule has 33 heavy (non-hydrogen) atoms. The molecule has 0 bridgehead atoms. The van der Waals surface area contributed by atoms with Crippen molar-refractivity contribution in [3.63, 3.8) is 0 Å². The highest BCUT2D eigenvalue weighted by Gasteiger charge is 2.17. The maximum atomic E-state index is 12.1. The van der Waals surface area contributed by atoms with E-state index in [9.17, 15) is 8.42 Å². The topological polar surface area (TPSA) is 43.4 Å². The van der Waals surface area contributed by atoms with Gasteiger partial charge in [0.05, 0.1) is 0 Å². The molecule has 0 fully saturated rings. The van der Waals surface area contributed by atoms with Crippen molar-refractivity contribution < 1.29 is 12.6 Å². The normalized spacial score (nSPS) is 11.2. The molecular weight excluding hydrogens is 448 g/mol. The minimum Gasteiger partial charge on any atom is -0.379 e. The van der Waals surface area contributed by atoms with Gasteiger partial charge < -0.3 is 4.18 Å². The molecule has 0 aromatic heterocycles. The highest BCUT2D eigenvalue weighted by molar-refractivity contribution is 7.99. The van der Waals surface area contributed by atoms with Crippen LogP contribution in [0.3, 0.4) is 0 Å². The summed E-state index contributed by atoms with van der Waals surface area (Å²) in [4.78, 5) is 2.72. The van der Waals surface area contributed by atoms with Crippen LogP contribution in [0.2, 0.25) is 0 Å². The Morgan fingerprint density at radius 3 is 1.45 bits per heavy atom. The molecule has 0 saturated heterocycles. The van der Waals surface area contributed by atoms with Gasteiger partial charge in [-0.1, -0.05) is 99.3 Å². The van der Waals surface area contributed by atoms with Gasteiger partial charge in [0.15, 0.2) is 0 Å². The maximum absolute atomic E-state index is 12.1. The lowest BCUT2D eigenvalue weighted by Gasteiger charge is -2.19. The van der Waals surface area contributed by atoms with Crippen molar-refractivity contribution in [2.45, 2.75) is 40.9 Å². The van der Waals surface area contributed by atoms with Crippen molar-refractivity contribution in [3.05, 3.63) is 121 Å². The Morgan fingerprint density at radius 1 is 0.606 bits per heavy atom. The minimum absolute atomic E-state index is 0.0246. The minimum atomic E-state index is -3.76. The molecule has 0 N–H and O–H groups in total. The standard InChI is InChI=1S/C16H18O3S.C12H10S/c1-16(2,3)13-9-11-14(12-10-13)19-20(17,18)15-7-5-4-6-8-15;1-3-7-11(8-4-1)13-12-9-5-2-6-10-12/h4-12H,1-3H3;1-10H. The molecule has 4 aromatic carbocycles. The number of rotatable bonds is 5. The van der Waals surface area contributed by atoms with E-state index < -0.39 is 10.1 Å². The lowest BCUT2D eigenvalue weighted by atomic mass is 9.87. The molecular formula is C28H28O3S2. The molecule has 0 aliphatic heterocycles. The van der Waals surface area contributed by atoms with E-state index in [2.05, 4.69) is 69.3 Å². The fourth-order valence-corrected chi connectivity index (χ4v) is 4.70. The van der Waals surface area contributed by atoms with Crippen molar-refractivity contribution in [3.8, 4) is 5.75 Å². The van der Waals surface area contributed by atoms with Crippen LogP contribution in [0.1, 0.15) is 26.3 Å². The molecule has 5 heteroatoms. The quantitative estimate of drug-likeness (QED) is 0.278. The zero-order chi connectivity index (χ0) is 23.7. The van der Waals surface area contributed by atoms with Crippen molar-refractivity contribution in [1.29, 1.82) is 0 Å². The van der Waals surface area contributed by atoms with Gasteiger partial charge in [-0.05, 0) is 59.5 Å². The summed E-state index contributed by atoms with van der Waals surface area (Å²) in [5.74, 6) is 0.321. The number of hydrogen-bond donors (Lipinski definition) is 0. The molecule has 170 valence electrons. The summed E-state index contributed by atoms with van der Waals surface area (Å²) < 4.78 is 29.3. The fraction of sp³-hybridized carbons (Fsp3) is 0.143. The molecule has 0 saturated carbocycles. The second-order valence-corrected chi connectivity index (χ2v) is 11.0. The van der Waals surface area contributed by atoms with Gasteiger partial charge in [0, 0.05) is 9.79 Å². The molecule has 0 unspecified atom stereocenters. The van der Waals surface area contributed by atoms with Crippen LogP contribution in [0.25, 0.3) is 0 Å². The third kappa shape index (κ3) is 7.81. The zero-order valence-corrected chi connectivity index (χ0v) is 20.6. The predicted molar refractivity (Wildman–Crippen MR) is 136 cm³/mol. The number of hydrogen-bond acceptors (Lipinski definition) is 4. The monoisotopic (exact) mass is 476 g/mol. The van der Waals surface area contributed by atoms with Crippen molar-refractivity contribution in [2.24, 2.45) is 0 Å². The van der Waals surface area contributed by atoms with Gasteiger partial charge in [0.1, 0.15) is 10.6 Å². The molecule has 4 rings (SSSR count). The molecule has 0 aliphatic carbocycles. The molecule has 0 spiro atoms.